The zero-order chi connectivity index (χ0) is 10.4. The highest BCUT2D eigenvalue weighted by Gasteiger charge is 2.32. The highest BCUT2D eigenvalue weighted by Crippen LogP contribution is 2.05. The number of urea groups is 1. The zero-order valence-electron chi connectivity index (χ0n) is 7.86. The van der Waals surface area contributed by atoms with E-state index in [1.807, 2.05) is 0 Å². The molecule has 0 radical (unpaired) electrons. The third-order valence-electron chi connectivity index (χ3n) is 1.61. The largest absolute Gasteiger partial charge is 0.350 e. The van der Waals surface area contributed by atoms with Crippen molar-refractivity contribution >= 4 is 6.03 Å². The molecule has 14 heavy (non-hydrogen) atoms. The zero-order valence-corrected chi connectivity index (χ0v) is 7.86. The number of nitrogens with one attached hydrogen (secondary N) is 2. The van der Waals surface area contributed by atoms with Gasteiger partial charge in [0.05, 0.1) is 13.2 Å². The van der Waals surface area contributed by atoms with E-state index < -0.39 is 12.5 Å². The van der Waals surface area contributed by atoms with Crippen molar-refractivity contribution in [2.75, 3.05) is 13.2 Å². The van der Waals surface area contributed by atoms with Gasteiger partial charge in [-0.15, -0.1) is 13.2 Å². The predicted octanol–water partition coefficient (Wildman–Crippen LogP) is 0.357. The highest BCUT2D eigenvalue weighted by molar-refractivity contribution is 5.76. The van der Waals surface area contributed by atoms with Crippen LogP contribution in [0.5, 0.6) is 0 Å². The molecule has 2 atom stereocenters. The molecular formula is C9H14N2O3. The Morgan fingerprint density at radius 3 is 1.93 bits per heavy atom. The van der Waals surface area contributed by atoms with Crippen LogP contribution in [0.2, 0.25) is 0 Å². The van der Waals surface area contributed by atoms with Crippen molar-refractivity contribution in [1.82, 2.24) is 10.6 Å². The Morgan fingerprint density at radius 1 is 1.14 bits per heavy atom. The number of hydrogen-bond acceptors (Lipinski definition) is 3. The minimum Gasteiger partial charge on any atom is -0.350 e. The average molecular weight is 198 g/mol. The molecule has 5 heteroatoms. The summed E-state index contributed by atoms with van der Waals surface area (Å²) in [6.45, 7) is 7.75. The van der Waals surface area contributed by atoms with E-state index in [4.69, 9.17) is 9.47 Å². The van der Waals surface area contributed by atoms with E-state index in [1.165, 1.54) is 0 Å². The van der Waals surface area contributed by atoms with Crippen LogP contribution in [-0.2, 0) is 9.47 Å². The van der Waals surface area contributed by atoms with Crippen molar-refractivity contribution in [1.29, 1.82) is 0 Å². The third kappa shape index (κ3) is 2.86. The van der Waals surface area contributed by atoms with Crippen molar-refractivity contribution in [3.05, 3.63) is 25.3 Å². The normalized spacial score (nSPS) is 25.3. The third-order valence-corrected chi connectivity index (χ3v) is 1.61. The Hall–Kier alpha value is -1.33. The van der Waals surface area contributed by atoms with E-state index in [0.29, 0.717) is 13.2 Å². The van der Waals surface area contributed by atoms with Crippen LogP contribution in [0.15, 0.2) is 25.3 Å². The Morgan fingerprint density at radius 2 is 1.57 bits per heavy atom. The van der Waals surface area contributed by atoms with Gasteiger partial charge in [-0.1, -0.05) is 12.2 Å². The molecule has 1 rings (SSSR count). The summed E-state index contributed by atoms with van der Waals surface area (Å²) in [4.78, 5) is 11.0. The van der Waals surface area contributed by atoms with Gasteiger partial charge < -0.3 is 20.1 Å². The van der Waals surface area contributed by atoms with Crippen molar-refractivity contribution in [2.45, 2.75) is 12.5 Å². The summed E-state index contributed by atoms with van der Waals surface area (Å²) in [6, 6.07) is -0.298. The molecule has 0 aliphatic carbocycles. The van der Waals surface area contributed by atoms with E-state index in [1.54, 1.807) is 12.2 Å². The van der Waals surface area contributed by atoms with Crippen LogP contribution in [0.4, 0.5) is 4.79 Å². The topological polar surface area (TPSA) is 59.6 Å². The van der Waals surface area contributed by atoms with Gasteiger partial charge in [0, 0.05) is 0 Å². The first-order chi connectivity index (χ1) is 6.77. The van der Waals surface area contributed by atoms with E-state index in [-0.39, 0.29) is 6.03 Å². The molecular weight excluding hydrogens is 184 g/mol. The fourth-order valence-corrected chi connectivity index (χ4v) is 1.05. The van der Waals surface area contributed by atoms with Crippen LogP contribution in [0, 0.1) is 0 Å². The Bertz CT molecular complexity index is 208. The van der Waals surface area contributed by atoms with E-state index in [0.717, 1.165) is 0 Å². The van der Waals surface area contributed by atoms with Gasteiger partial charge in [-0.2, -0.15) is 0 Å². The molecule has 1 saturated heterocycles. The Kier molecular flexibility index (Phi) is 4.15. The molecule has 0 aromatic heterocycles. The van der Waals surface area contributed by atoms with Crippen LogP contribution in [0.3, 0.4) is 0 Å². The van der Waals surface area contributed by atoms with Gasteiger partial charge in [0.25, 0.3) is 0 Å². The molecule has 5 nitrogen and oxygen atoms in total. The number of carbonyl (C=O) groups excluding carboxylic acids is 1. The Balaban J connectivity index is 2.40. The first-order valence-electron chi connectivity index (χ1n) is 4.30. The molecule has 0 aromatic rings. The summed E-state index contributed by atoms with van der Waals surface area (Å²) >= 11 is 0. The van der Waals surface area contributed by atoms with Crippen LogP contribution >= 0.6 is 0 Å². The second-order valence-electron chi connectivity index (χ2n) is 2.70. The SMILES string of the molecule is C=CCOC1NC(=O)NC1OCC=C. The summed E-state index contributed by atoms with van der Waals surface area (Å²) in [5.74, 6) is 0. The lowest BCUT2D eigenvalue weighted by atomic mass is 10.5. The minimum atomic E-state index is -0.472. The lowest BCUT2D eigenvalue weighted by molar-refractivity contribution is -0.0570. The van der Waals surface area contributed by atoms with Crippen LogP contribution in [0.25, 0.3) is 0 Å². The van der Waals surface area contributed by atoms with Gasteiger partial charge in [0.15, 0.2) is 12.5 Å². The fraction of sp³-hybridized carbons (Fsp3) is 0.444. The summed E-state index contributed by atoms with van der Waals surface area (Å²) in [7, 11) is 0. The molecule has 0 saturated carbocycles. The second kappa shape index (κ2) is 5.41. The molecule has 0 spiro atoms. The first kappa shape index (κ1) is 10.7. The number of carbonyl (C=O) groups is 1. The Labute approximate surface area is 82.8 Å². The average Bonchev–Trinajstić information content (AvgIpc) is 2.52. The number of ether oxygens (including phenoxy) is 2. The van der Waals surface area contributed by atoms with Gasteiger partial charge in [0.1, 0.15) is 0 Å². The minimum absolute atomic E-state index is 0.298. The van der Waals surface area contributed by atoms with Crippen LogP contribution < -0.4 is 10.6 Å². The molecule has 78 valence electrons. The highest BCUT2D eigenvalue weighted by atomic mass is 16.6. The molecule has 1 heterocycles. The number of amides is 2. The van der Waals surface area contributed by atoms with Gasteiger partial charge in [-0.25, -0.2) is 4.79 Å². The van der Waals surface area contributed by atoms with Gasteiger partial charge >= 0.3 is 6.03 Å². The quantitative estimate of drug-likeness (QED) is 0.606. The lowest BCUT2D eigenvalue weighted by Crippen LogP contribution is -2.38. The molecule has 1 aliphatic rings. The lowest BCUT2D eigenvalue weighted by Gasteiger charge is -2.17. The van der Waals surface area contributed by atoms with Crippen molar-refractivity contribution in [2.24, 2.45) is 0 Å². The van der Waals surface area contributed by atoms with Crippen molar-refractivity contribution in [3.8, 4) is 0 Å². The molecule has 2 N–H and O–H groups in total. The number of hydrogen-bond donors (Lipinski definition) is 2. The van der Waals surface area contributed by atoms with Gasteiger partial charge in [-0.3, -0.25) is 0 Å². The van der Waals surface area contributed by atoms with Crippen LogP contribution in [0.1, 0.15) is 0 Å². The maximum Gasteiger partial charge on any atom is 0.319 e. The monoisotopic (exact) mass is 198 g/mol. The summed E-state index contributed by atoms with van der Waals surface area (Å²) in [6.07, 6.45) is 2.27. The predicted molar refractivity (Wildman–Crippen MR) is 51.5 cm³/mol. The molecule has 0 bridgehead atoms. The maximum atomic E-state index is 11.0. The molecule has 2 unspecified atom stereocenters. The molecule has 1 aliphatic heterocycles. The molecule has 1 fully saturated rings. The van der Waals surface area contributed by atoms with Gasteiger partial charge in [0.2, 0.25) is 0 Å². The van der Waals surface area contributed by atoms with Crippen LogP contribution in [-0.4, -0.2) is 31.7 Å². The van der Waals surface area contributed by atoms with Crippen molar-refractivity contribution in [3.63, 3.8) is 0 Å². The molecule has 2 amide bonds. The summed E-state index contributed by atoms with van der Waals surface area (Å²) in [5.41, 5.74) is 0. The fourth-order valence-electron chi connectivity index (χ4n) is 1.05. The second-order valence-corrected chi connectivity index (χ2v) is 2.70. The maximum absolute atomic E-state index is 11.0. The summed E-state index contributed by atoms with van der Waals surface area (Å²) < 4.78 is 10.5. The smallest absolute Gasteiger partial charge is 0.319 e. The molecule has 0 aromatic carbocycles. The van der Waals surface area contributed by atoms with E-state index in [2.05, 4.69) is 23.8 Å². The van der Waals surface area contributed by atoms with E-state index >= 15 is 0 Å². The van der Waals surface area contributed by atoms with Crippen molar-refractivity contribution < 1.29 is 14.3 Å². The standard InChI is InChI=1S/C9H14N2O3/c1-3-5-13-7-8(14-6-4-2)11-9(12)10-7/h3-4,7-8H,1-2,5-6H2,(H2,10,11,12). The summed E-state index contributed by atoms with van der Waals surface area (Å²) in [5, 5.41) is 5.14. The number of rotatable bonds is 6. The van der Waals surface area contributed by atoms with E-state index in [9.17, 15) is 4.79 Å². The van der Waals surface area contributed by atoms with Gasteiger partial charge in [-0.05, 0) is 0 Å². The first-order valence-corrected chi connectivity index (χ1v) is 4.30.